The third kappa shape index (κ3) is 4.50. The van der Waals surface area contributed by atoms with Crippen molar-refractivity contribution in [2.24, 2.45) is 0 Å². The van der Waals surface area contributed by atoms with Gasteiger partial charge in [-0.25, -0.2) is 0 Å². The van der Waals surface area contributed by atoms with Gasteiger partial charge in [0, 0.05) is 11.8 Å². The van der Waals surface area contributed by atoms with Crippen LogP contribution in [0.1, 0.15) is 25.5 Å². The second-order valence-electron chi connectivity index (χ2n) is 4.79. The Balaban J connectivity index is 1.77. The lowest BCUT2D eigenvalue weighted by Gasteiger charge is -2.10. The fraction of sp³-hybridized carbons (Fsp3) is 0.400. The molecule has 0 spiro atoms. The highest BCUT2D eigenvalue weighted by Crippen LogP contribution is 2.19. The normalized spacial score (nSPS) is 10.6. The molecule has 0 N–H and O–H groups in total. The summed E-state index contributed by atoms with van der Waals surface area (Å²) < 4.78 is 7.72. The highest BCUT2D eigenvalue weighted by molar-refractivity contribution is 7.99. The van der Waals surface area contributed by atoms with Gasteiger partial charge in [0.1, 0.15) is 12.1 Å². The van der Waals surface area contributed by atoms with Gasteiger partial charge in [0.05, 0.1) is 19.1 Å². The zero-order valence-corrected chi connectivity index (χ0v) is 13.0. The van der Waals surface area contributed by atoms with Gasteiger partial charge in [-0.05, 0) is 31.5 Å². The Kier molecular flexibility index (Phi) is 5.64. The fourth-order valence-electron chi connectivity index (χ4n) is 1.78. The highest BCUT2D eigenvalue weighted by Gasteiger charge is 2.07. The standard InChI is InChI=1S/C15H18N4OS/c1-12(2)19-11-17-18-15(19)21-10-9-20-14-5-3-13(4-6-14)7-8-16/h3-6,11-12H,7,9-10H2,1-2H3. The Bertz CT molecular complexity index is 601. The highest BCUT2D eigenvalue weighted by atomic mass is 32.2. The summed E-state index contributed by atoms with van der Waals surface area (Å²) in [4.78, 5) is 0. The van der Waals surface area contributed by atoms with Crippen LogP contribution in [-0.2, 0) is 6.42 Å². The molecule has 1 aromatic carbocycles. The lowest BCUT2D eigenvalue weighted by Crippen LogP contribution is -2.04. The third-order valence-electron chi connectivity index (χ3n) is 2.89. The Morgan fingerprint density at radius 3 is 2.76 bits per heavy atom. The van der Waals surface area contributed by atoms with E-state index in [1.807, 2.05) is 28.8 Å². The van der Waals surface area contributed by atoms with Gasteiger partial charge in [-0.2, -0.15) is 5.26 Å². The predicted molar refractivity (Wildman–Crippen MR) is 82.4 cm³/mol. The Hall–Kier alpha value is -2.00. The maximum Gasteiger partial charge on any atom is 0.191 e. The number of nitriles is 1. The van der Waals surface area contributed by atoms with E-state index in [4.69, 9.17) is 10.00 Å². The number of aromatic nitrogens is 3. The largest absolute Gasteiger partial charge is 0.493 e. The fourth-order valence-corrected chi connectivity index (χ4v) is 2.64. The van der Waals surface area contributed by atoms with E-state index in [9.17, 15) is 0 Å². The summed E-state index contributed by atoms with van der Waals surface area (Å²) in [5.41, 5.74) is 1.00. The van der Waals surface area contributed by atoms with Crippen LogP contribution >= 0.6 is 11.8 Å². The van der Waals surface area contributed by atoms with Gasteiger partial charge in [-0.3, -0.25) is 0 Å². The minimum atomic E-state index is 0.357. The molecular formula is C15H18N4OS. The predicted octanol–water partition coefficient (Wildman–Crippen LogP) is 3.10. The summed E-state index contributed by atoms with van der Waals surface area (Å²) in [5.74, 6) is 1.63. The summed E-state index contributed by atoms with van der Waals surface area (Å²) in [6, 6.07) is 10.1. The maximum absolute atomic E-state index is 8.62. The van der Waals surface area contributed by atoms with Crippen molar-refractivity contribution < 1.29 is 4.74 Å². The third-order valence-corrected chi connectivity index (χ3v) is 3.81. The molecule has 1 heterocycles. The average Bonchev–Trinajstić information content (AvgIpc) is 2.94. The van der Waals surface area contributed by atoms with Gasteiger partial charge in [0.2, 0.25) is 0 Å². The lowest BCUT2D eigenvalue weighted by atomic mass is 10.2. The number of hydrogen-bond donors (Lipinski definition) is 0. The van der Waals surface area contributed by atoms with Gasteiger partial charge in [-0.15, -0.1) is 10.2 Å². The molecule has 0 aliphatic heterocycles. The molecule has 0 aliphatic carbocycles. The van der Waals surface area contributed by atoms with Crippen LogP contribution in [0.4, 0.5) is 0 Å². The smallest absolute Gasteiger partial charge is 0.191 e. The summed E-state index contributed by atoms with van der Waals surface area (Å²) in [5, 5.41) is 17.6. The Labute approximate surface area is 128 Å². The van der Waals surface area contributed by atoms with Gasteiger partial charge in [-0.1, -0.05) is 23.9 Å². The zero-order valence-electron chi connectivity index (χ0n) is 12.2. The van der Waals surface area contributed by atoms with Gasteiger partial charge in [0.15, 0.2) is 5.16 Å². The first-order valence-electron chi connectivity index (χ1n) is 6.81. The first kappa shape index (κ1) is 15.4. The summed E-state index contributed by atoms with van der Waals surface area (Å²) in [6.45, 7) is 4.81. The van der Waals surface area contributed by atoms with E-state index < -0.39 is 0 Å². The van der Waals surface area contributed by atoms with Crippen LogP contribution in [0.25, 0.3) is 0 Å². The number of nitrogens with zero attached hydrogens (tertiary/aromatic N) is 4. The molecule has 5 nitrogen and oxygen atoms in total. The van der Waals surface area contributed by atoms with Crippen molar-refractivity contribution >= 4 is 11.8 Å². The molecule has 2 rings (SSSR count). The molecule has 0 saturated heterocycles. The maximum atomic E-state index is 8.62. The molecule has 2 aromatic rings. The molecule has 0 aliphatic rings. The molecule has 0 radical (unpaired) electrons. The molecule has 0 bridgehead atoms. The van der Waals surface area contributed by atoms with Crippen molar-refractivity contribution in [3.63, 3.8) is 0 Å². The average molecular weight is 302 g/mol. The molecule has 110 valence electrons. The van der Waals surface area contributed by atoms with Crippen LogP contribution in [0.2, 0.25) is 0 Å². The molecule has 1 aromatic heterocycles. The van der Waals surface area contributed by atoms with E-state index >= 15 is 0 Å². The van der Waals surface area contributed by atoms with Crippen LogP contribution in [0.5, 0.6) is 5.75 Å². The molecule has 0 atom stereocenters. The van der Waals surface area contributed by atoms with Crippen molar-refractivity contribution in [2.75, 3.05) is 12.4 Å². The summed E-state index contributed by atoms with van der Waals surface area (Å²) >= 11 is 1.63. The Morgan fingerprint density at radius 2 is 2.10 bits per heavy atom. The van der Waals surface area contributed by atoms with E-state index in [0.29, 0.717) is 19.1 Å². The number of thioether (sulfide) groups is 1. The van der Waals surface area contributed by atoms with Crippen LogP contribution < -0.4 is 4.74 Å². The zero-order chi connectivity index (χ0) is 15.1. The van der Waals surface area contributed by atoms with Crippen LogP contribution in [0.3, 0.4) is 0 Å². The topological polar surface area (TPSA) is 63.7 Å². The second-order valence-corrected chi connectivity index (χ2v) is 5.85. The molecule has 0 saturated carbocycles. The molecular weight excluding hydrogens is 284 g/mol. The van der Waals surface area contributed by atoms with Gasteiger partial charge >= 0.3 is 0 Å². The quantitative estimate of drug-likeness (QED) is 0.581. The minimum absolute atomic E-state index is 0.357. The van der Waals surface area contributed by atoms with E-state index in [-0.39, 0.29) is 0 Å². The van der Waals surface area contributed by atoms with Crippen LogP contribution in [-0.4, -0.2) is 27.1 Å². The molecule has 6 heteroatoms. The van der Waals surface area contributed by atoms with Gasteiger partial charge in [0.25, 0.3) is 0 Å². The van der Waals surface area contributed by atoms with Crippen molar-refractivity contribution in [1.82, 2.24) is 14.8 Å². The first-order chi connectivity index (χ1) is 10.2. The van der Waals surface area contributed by atoms with Crippen molar-refractivity contribution in [2.45, 2.75) is 31.5 Å². The number of benzene rings is 1. The van der Waals surface area contributed by atoms with Crippen LogP contribution in [0, 0.1) is 11.3 Å². The van der Waals surface area contributed by atoms with Crippen LogP contribution in [0.15, 0.2) is 35.7 Å². The second kappa shape index (κ2) is 7.70. The number of ether oxygens (including phenoxy) is 1. The van der Waals surface area contributed by atoms with E-state index in [2.05, 4.69) is 30.1 Å². The molecule has 0 unspecified atom stereocenters. The minimum Gasteiger partial charge on any atom is -0.493 e. The number of hydrogen-bond acceptors (Lipinski definition) is 5. The summed E-state index contributed by atoms with van der Waals surface area (Å²) in [7, 11) is 0. The monoisotopic (exact) mass is 302 g/mol. The van der Waals surface area contributed by atoms with E-state index in [0.717, 1.165) is 22.2 Å². The van der Waals surface area contributed by atoms with Gasteiger partial charge < -0.3 is 9.30 Å². The lowest BCUT2D eigenvalue weighted by molar-refractivity contribution is 0.343. The van der Waals surface area contributed by atoms with Crippen molar-refractivity contribution in [1.29, 1.82) is 5.26 Å². The molecule has 0 fully saturated rings. The first-order valence-corrected chi connectivity index (χ1v) is 7.80. The molecule has 21 heavy (non-hydrogen) atoms. The van der Waals surface area contributed by atoms with Crippen molar-refractivity contribution in [3.8, 4) is 11.8 Å². The van der Waals surface area contributed by atoms with Crippen molar-refractivity contribution in [3.05, 3.63) is 36.2 Å². The SMILES string of the molecule is CC(C)n1cnnc1SCCOc1ccc(CC#N)cc1. The summed E-state index contributed by atoms with van der Waals surface area (Å²) in [6.07, 6.45) is 2.18. The molecule has 0 amide bonds. The van der Waals surface area contributed by atoms with E-state index in [1.54, 1.807) is 18.1 Å². The number of rotatable bonds is 7. The van der Waals surface area contributed by atoms with E-state index in [1.165, 1.54) is 0 Å². The Morgan fingerprint density at radius 1 is 1.33 bits per heavy atom.